The van der Waals surface area contributed by atoms with E-state index in [1.807, 2.05) is 0 Å². The van der Waals surface area contributed by atoms with Crippen molar-refractivity contribution in [1.82, 2.24) is 0 Å². The Bertz CT molecular complexity index is 1460. The monoisotopic (exact) mass is 471 g/mol. The average Bonchev–Trinajstić information content (AvgIpc) is 2.84. The van der Waals surface area contributed by atoms with Crippen LogP contribution in [-0.2, 0) is 9.59 Å². The summed E-state index contributed by atoms with van der Waals surface area (Å²) in [5, 5.41) is 28.8. The highest BCUT2D eigenvalue weighted by molar-refractivity contribution is 6.59. The van der Waals surface area contributed by atoms with E-state index in [1.165, 1.54) is 42.5 Å². The van der Waals surface area contributed by atoms with Crippen LogP contribution in [0.3, 0.4) is 0 Å². The Morgan fingerprint density at radius 2 is 1.63 bits per heavy atom. The van der Waals surface area contributed by atoms with Gasteiger partial charge in [-0.05, 0) is 30.2 Å². The number of fused-ring (bicyclic) bond motifs is 1. The second kappa shape index (κ2) is 9.35. The molecule has 0 fully saturated rings. The Hall–Kier alpha value is -5.19. The standard InChI is InChI=1S/C24H17N5O6/c1-14-9-10-18(29(34)35)13-21(14)26-27-22-19-8-3-2-5-15(19)11-20(23(22)30)24(31)25-16-6-4-7-17(12-16)28(32)33/h2-13,26H,1H3,(H,25,31)/b27-22+. The number of non-ortho nitro benzene ring substituents is 2. The van der Waals surface area contributed by atoms with Crippen LogP contribution in [0.2, 0.25) is 0 Å². The van der Waals surface area contributed by atoms with E-state index in [-0.39, 0.29) is 28.3 Å². The first-order valence-electron chi connectivity index (χ1n) is 10.2. The minimum Gasteiger partial charge on any atom is -0.322 e. The largest absolute Gasteiger partial charge is 0.322 e. The molecule has 35 heavy (non-hydrogen) atoms. The number of nitrogens with zero attached hydrogens (tertiary/aromatic N) is 3. The Balaban J connectivity index is 1.68. The summed E-state index contributed by atoms with van der Waals surface area (Å²) < 4.78 is 0. The summed E-state index contributed by atoms with van der Waals surface area (Å²) in [6, 6.07) is 16.4. The quantitative estimate of drug-likeness (QED) is 0.309. The van der Waals surface area contributed by atoms with Crippen LogP contribution in [0.4, 0.5) is 22.7 Å². The van der Waals surface area contributed by atoms with Crippen molar-refractivity contribution in [2.75, 3.05) is 10.7 Å². The summed E-state index contributed by atoms with van der Waals surface area (Å²) in [6.07, 6.45) is 1.42. The van der Waals surface area contributed by atoms with Gasteiger partial charge in [0.2, 0.25) is 5.78 Å². The van der Waals surface area contributed by atoms with Crippen molar-refractivity contribution in [1.29, 1.82) is 0 Å². The number of nitro groups is 2. The number of anilines is 2. The molecule has 174 valence electrons. The van der Waals surface area contributed by atoms with Crippen LogP contribution in [-0.4, -0.2) is 27.2 Å². The molecule has 3 aromatic carbocycles. The smallest absolute Gasteiger partial charge is 0.271 e. The van der Waals surface area contributed by atoms with Crippen molar-refractivity contribution in [3.8, 4) is 0 Å². The number of hydrogen-bond donors (Lipinski definition) is 2. The van der Waals surface area contributed by atoms with E-state index in [0.717, 1.165) is 0 Å². The maximum Gasteiger partial charge on any atom is 0.271 e. The molecular weight excluding hydrogens is 454 g/mol. The lowest BCUT2D eigenvalue weighted by Crippen LogP contribution is -2.30. The van der Waals surface area contributed by atoms with Crippen LogP contribution in [0.1, 0.15) is 16.7 Å². The molecule has 1 aliphatic carbocycles. The number of hydrazone groups is 1. The topological polar surface area (TPSA) is 157 Å². The highest BCUT2D eigenvalue weighted by Gasteiger charge is 2.30. The second-order valence-corrected chi connectivity index (χ2v) is 7.56. The Labute approximate surface area is 198 Å². The number of Topliss-reactive ketones (excluding diaryl/α,β-unsaturated/α-hetero) is 1. The van der Waals surface area contributed by atoms with Crippen molar-refractivity contribution >= 4 is 46.2 Å². The number of hydrogen-bond acceptors (Lipinski definition) is 8. The van der Waals surface area contributed by atoms with E-state index in [9.17, 15) is 29.8 Å². The van der Waals surface area contributed by atoms with Gasteiger partial charge in [0.25, 0.3) is 17.3 Å². The number of ketones is 1. The third-order valence-electron chi connectivity index (χ3n) is 5.26. The molecule has 0 aromatic heterocycles. The molecule has 0 saturated heterocycles. The number of aryl methyl sites for hydroxylation is 1. The first-order chi connectivity index (χ1) is 16.7. The number of rotatable bonds is 6. The normalized spacial score (nSPS) is 13.6. The third kappa shape index (κ3) is 4.78. The molecule has 0 radical (unpaired) electrons. The van der Waals surface area contributed by atoms with Gasteiger partial charge in [0.15, 0.2) is 0 Å². The van der Waals surface area contributed by atoms with Crippen molar-refractivity contribution in [2.45, 2.75) is 6.92 Å². The summed E-state index contributed by atoms with van der Waals surface area (Å²) in [6.45, 7) is 1.72. The van der Waals surface area contributed by atoms with Gasteiger partial charge >= 0.3 is 0 Å². The molecule has 0 aliphatic heterocycles. The first-order valence-corrected chi connectivity index (χ1v) is 10.2. The van der Waals surface area contributed by atoms with Crippen LogP contribution in [0, 0.1) is 27.2 Å². The summed E-state index contributed by atoms with van der Waals surface area (Å²) in [5.41, 5.74) is 4.25. The third-order valence-corrected chi connectivity index (χ3v) is 5.26. The number of nitro benzene ring substituents is 2. The number of carbonyl (C=O) groups excluding carboxylic acids is 2. The molecule has 11 heteroatoms. The number of carbonyl (C=O) groups is 2. The molecule has 0 bridgehead atoms. The van der Waals surface area contributed by atoms with E-state index in [4.69, 9.17) is 0 Å². The minimum atomic E-state index is -0.760. The molecule has 0 unspecified atom stereocenters. The van der Waals surface area contributed by atoms with Crippen molar-refractivity contribution in [2.24, 2.45) is 5.10 Å². The highest BCUT2D eigenvalue weighted by atomic mass is 16.6. The molecule has 3 aromatic rings. The fraction of sp³-hybridized carbons (Fsp3) is 0.0417. The number of amides is 1. The molecule has 11 nitrogen and oxygen atoms in total. The predicted octanol–water partition coefficient (Wildman–Crippen LogP) is 4.23. The molecule has 0 spiro atoms. The zero-order valence-electron chi connectivity index (χ0n) is 18.2. The van der Waals surface area contributed by atoms with Gasteiger partial charge in [-0.3, -0.25) is 35.2 Å². The van der Waals surface area contributed by atoms with Crippen LogP contribution < -0.4 is 10.7 Å². The minimum absolute atomic E-state index is 0.0572. The van der Waals surface area contributed by atoms with Gasteiger partial charge in [-0.15, -0.1) is 0 Å². The highest BCUT2D eigenvalue weighted by Crippen LogP contribution is 2.26. The summed E-state index contributed by atoms with van der Waals surface area (Å²) in [7, 11) is 0. The number of benzene rings is 3. The lowest BCUT2D eigenvalue weighted by Gasteiger charge is -2.17. The molecular formula is C24H17N5O6. The van der Waals surface area contributed by atoms with Gasteiger partial charge in [-0.2, -0.15) is 5.10 Å². The Kier molecular flexibility index (Phi) is 6.14. The van der Waals surface area contributed by atoms with Gasteiger partial charge in [0.1, 0.15) is 5.71 Å². The van der Waals surface area contributed by atoms with Gasteiger partial charge in [-0.25, -0.2) is 0 Å². The fourth-order valence-electron chi connectivity index (χ4n) is 3.44. The van der Waals surface area contributed by atoms with Gasteiger partial charge in [-0.1, -0.05) is 36.4 Å². The molecule has 0 atom stereocenters. The molecule has 1 amide bonds. The van der Waals surface area contributed by atoms with Crippen molar-refractivity contribution in [3.05, 3.63) is 109 Å². The van der Waals surface area contributed by atoms with E-state index in [0.29, 0.717) is 22.4 Å². The zero-order chi connectivity index (χ0) is 25.1. The van der Waals surface area contributed by atoms with Gasteiger partial charge in [0, 0.05) is 35.5 Å². The summed E-state index contributed by atoms with van der Waals surface area (Å²) in [5.74, 6) is -1.44. The maximum absolute atomic E-state index is 13.3. The molecule has 0 saturated carbocycles. The second-order valence-electron chi connectivity index (χ2n) is 7.56. The summed E-state index contributed by atoms with van der Waals surface area (Å²) >= 11 is 0. The van der Waals surface area contributed by atoms with Gasteiger partial charge < -0.3 is 5.32 Å². The fourth-order valence-corrected chi connectivity index (χ4v) is 3.44. The average molecular weight is 471 g/mol. The SMILES string of the molecule is Cc1ccc([N+](=O)[O-])cc1N/N=C1/C(=O)C(C(=O)Nc2cccc([N+](=O)[O-])c2)=Cc2ccccc21. The maximum atomic E-state index is 13.3. The van der Waals surface area contributed by atoms with E-state index in [1.54, 1.807) is 37.3 Å². The van der Waals surface area contributed by atoms with Gasteiger partial charge in [0.05, 0.1) is 21.1 Å². The van der Waals surface area contributed by atoms with Crippen LogP contribution in [0.15, 0.2) is 77.4 Å². The molecule has 0 heterocycles. The summed E-state index contributed by atoms with van der Waals surface area (Å²) in [4.78, 5) is 47.2. The molecule has 2 N–H and O–H groups in total. The molecule has 4 rings (SSSR count). The van der Waals surface area contributed by atoms with E-state index < -0.39 is 21.5 Å². The predicted molar refractivity (Wildman–Crippen MR) is 129 cm³/mol. The first kappa shape index (κ1) is 23.0. The molecule has 1 aliphatic rings. The van der Waals surface area contributed by atoms with Crippen LogP contribution in [0.5, 0.6) is 0 Å². The Morgan fingerprint density at radius 1 is 0.914 bits per heavy atom. The van der Waals surface area contributed by atoms with Crippen LogP contribution >= 0.6 is 0 Å². The van der Waals surface area contributed by atoms with Crippen LogP contribution in [0.25, 0.3) is 6.08 Å². The Morgan fingerprint density at radius 3 is 2.37 bits per heavy atom. The van der Waals surface area contributed by atoms with Crippen molar-refractivity contribution in [3.63, 3.8) is 0 Å². The number of nitrogens with one attached hydrogen (secondary N) is 2. The van der Waals surface area contributed by atoms with Crippen molar-refractivity contribution < 1.29 is 19.4 Å². The van der Waals surface area contributed by atoms with E-state index >= 15 is 0 Å². The van der Waals surface area contributed by atoms with E-state index in [2.05, 4.69) is 15.8 Å². The zero-order valence-corrected chi connectivity index (χ0v) is 18.2. The lowest BCUT2D eigenvalue weighted by molar-refractivity contribution is -0.385. The lowest BCUT2D eigenvalue weighted by atomic mass is 9.89.